The van der Waals surface area contributed by atoms with E-state index in [4.69, 9.17) is 9.31 Å². The Balaban J connectivity index is 1.33. The Kier molecular flexibility index (Phi) is 7.94. The summed E-state index contributed by atoms with van der Waals surface area (Å²) in [5.41, 5.74) is -3.29. The number of fused-ring (bicyclic) bond motifs is 3. The van der Waals surface area contributed by atoms with Crippen LogP contribution in [0.2, 0.25) is 0 Å². The summed E-state index contributed by atoms with van der Waals surface area (Å²) >= 11 is 0. The van der Waals surface area contributed by atoms with Crippen LogP contribution in [0.1, 0.15) is 11.1 Å². The van der Waals surface area contributed by atoms with E-state index in [1.807, 2.05) is 0 Å². The maximum Gasteiger partial charge on any atom is 0.633 e. The Morgan fingerprint density at radius 2 is 1.12 bits per heavy atom. The second kappa shape index (κ2) is 12.6. The summed E-state index contributed by atoms with van der Waals surface area (Å²) in [6.45, 7) is 0. The summed E-state index contributed by atoms with van der Waals surface area (Å²) < 4.78 is 196. The van der Waals surface area contributed by atoms with E-state index in [0.29, 0.717) is 6.07 Å². The molecule has 0 amide bonds. The first-order valence-electron chi connectivity index (χ1n) is 16.4. The van der Waals surface area contributed by atoms with Crippen LogP contribution < -0.4 is 14.8 Å². The zero-order chi connectivity index (χ0) is 39.5. The van der Waals surface area contributed by atoms with Crippen molar-refractivity contribution in [2.75, 3.05) is 0 Å². The Morgan fingerprint density at radius 3 is 1.91 bits per heavy atom. The highest BCUT2D eigenvalue weighted by Gasteiger charge is 2.40. The number of hydrogen-bond donors (Lipinski definition) is 0. The van der Waals surface area contributed by atoms with E-state index < -0.39 is 150 Å². The van der Waals surface area contributed by atoms with Crippen molar-refractivity contribution in [3.8, 4) is 33.8 Å². The van der Waals surface area contributed by atoms with Crippen molar-refractivity contribution in [1.82, 2.24) is 0 Å². The van der Waals surface area contributed by atoms with Crippen LogP contribution in [0, 0.1) is 69.8 Å². The number of rotatable bonds is 6. The SMILES string of the molecule is Fc1cc(F)c(F)c(-c2ccccc2B(Oc2c(F)c(F)c(F)c3c2Cc2cccc(F)c2-3)Oc2c(F)c(F)c3c(F)c(F)c4c(F)ccc5ccc2c3c54)c1. The van der Waals surface area contributed by atoms with Gasteiger partial charge in [0.15, 0.2) is 46.5 Å². The van der Waals surface area contributed by atoms with Crippen LogP contribution in [-0.2, 0) is 6.42 Å². The van der Waals surface area contributed by atoms with Crippen molar-refractivity contribution in [3.63, 3.8) is 0 Å². The van der Waals surface area contributed by atoms with Crippen LogP contribution in [0.4, 0.5) is 52.7 Å². The molecule has 1 aliphatic rings. The third-order valence-electron chi connectivity index (χ3n) is 9.92. The molecular weight excluding hydrogens is 763 g/mol. The lowest BCUT2D eigenvalue weighted by molar-refractivity contribution is 0.379. The molecule has 0 aromatic heterocycles. The first-order valence-corrected chi connectivity index (χ1v) is 16.4. The highest BCUT2D eigenvalue weighted by Crippen LogP contribution is 2.48. The lowest BCUT2D eigenvalue weighted by atomic mass is 9.73. The Hall–Kier alpha value is -6.38. The molecule has 8 aromatic carbocycles. The number of benzene rings is 8. The predicted molar refractivity (Wildman–Crippen MR) is 183 cm³/mol. The molecule has 0 saturated carbocycles. The Labute approximate surface area is 306 Å². The lowest BCUT2D eigenvalue weighted by Crippen LogP contribution is -2.44. The molecule has 0 bridgehead atoms. The fourth-order valence-corrected chi connectivity index (χ4v) is 7.52. The van der Waals surface area contributed by atoms with Crippen LogP contribution in [0.15, 0.2) is 78.9 Å². The smallest absolute Gasteiger partial charge is 0.519 e. The topological polar surface area (TPSA) is 18.5 Å². The van der Waals surface area contributed by atoms with Gasteiger partial charge in [-0.25, -0.2) is 43.9 Å². The van der Waals surface area contributed by atoms with Gasteiger partial charge in [0.2, 0.25) is 5.82 Å². The van der Waals surface area contributed by atoms with Crippen LogP contribution in [0.3, 0.4) is 0 Å². The maximum atomic E-state index is 16.3. The minimum atomic E-state index is -2.42. The van der Waals surface area contributed by atoms with Crippen LogP contribution in [-0.4, -0.2) is 7.12 Å². The van der Waals surface area contributed by atoms with Crippen molar-refractivity contribution < 1.29 is 62.0 Å². The molecule has 1 aliphatic carbocycles. The van der Waals surface area contributed by atoms with E-state index in [-0.39, 0.29) is 22.4 Å². The van der Waals surface area contributed by atoms with Gasteiger partial charge in [-0.15, -0.1) is 0 Å². The highest BCUT2D eigenvalue weighted by molar-refractivity contribution is 6.64. The first-order chi connectivity index (χ1) is 26.8. The molecule has 278 valence electrons. The van der Waals surface area contributed by atoms with Crippen molar-refractivity contribution in [3.05, 3.63) is 160 Å². The molecule has 2 nitrogen and oxygen atoms in total. The van der Waals surface area contributed by atoms with Gasteiger partial charge >= 0.3 is 7.12 Å². The molecule has 0 N–H and O–H groups in total. The fourth-order valence-electron chi connectivity index (χ4n) is 7.52. The molecule has 8 aromatic rings. The van der Waals surface area contributed by atoms with Crippen LogP contribution >= 0.6 is 0 Å². The van der Waals surface area contributed by atoms with Gasteiger partial charge in [-0.2, -0.15) is 8.78 Å². The maximum absolute atomic E-state index is 16.3. The van der Waals surface area contributed by atoms with Gasteiger partial charge in [0.1, 0.15) is 29.0 Å². The zero-order valence-corrected chi connectivity index (χ0v) is 27.6. The molecule has 56 heavy (non-hydrogen) atoms. The van der Waals surface area contributed by atoms with E-state index in [2.05, 4.69) is 0 Å². The van der Waals surface area contributed by atoms with Gasteiger partial charge in [0, 0.05) is 56.4 Å². The number of hydrogen-bond acceptors (Lipinski definition) is 2. The van der Waals surface area contributed by atoms with E-state index >= 15 is 43.9 Å². The van der Waals surface area contributed by atoms with Crippen molar-refractivity contribution >= 4 is 44.9 Å². The third-order valence-corrected chi connectivity index (χ3v) is 9.92. The van der Waals surface area contributed by atoms with Crippen LogP contribution in [0.25, 0.3) is 54.6 Å². The molecule has 0 heterocycles. The Bertz CT molecular complexity index is 3010. The Morgan fingerprint density at radius 1 is 0.446 bits per heavy atom. The molecule has 0 atom stereocenters. The van der Waals surface area contributed by atoms with Crippen LogP contribution in [0.5, 0.6) is 11.5 Å². The van der Waals surface area contributed by atoms with E-state index in [1.54, 1.807) is 0 Å². The lowest BCUT2D eigenvalue weighted by Gasteiger charge is -2.24. The predicted octanol–water partition coefficient (Wildman–Crippen LogP) is 11.3. The molecule has 15 heteroatoms. The van der Waals surface area contributed by atoms with Gasteiger partial charge < -0.3 is 9.31 Å². The fraction of sp³-hybridized carbons (Fsp3) is 0.0244. The molecule has 0 radical (unpaired) electrons. The average molecular weight is 778 g/mol. The van der Waals surface area contributed by atoms with Crippen molar-refractivity contribution in [2.24, 2.45) is 0 Å². The molecule has 0 saturated heterocycles. The minimum Gasteiger partial charge on any atom is -0.519 e. The standard InChI is InChI=1S/C41H15BF12O2/c43-17-13-20(32(47)25(46)14-17)18-5-1-2-6-22(18)42(56-41-21-12-16-4-3-7-23(44)26(16)29(21)33(48)37(52)39(41)54)55-40-19-10-8-15-9-11-24(45)30-27(15)28(19)31(35(50)34(30)49)36(51)38(40)53/h1-11,13-14H,12H2. The van der Waals surface area contributed by atoms with Crippen molar-refractivity contribution in [1.29, 1.82) is 0 Å². The largest absolute Gasteiger partial charge is 0.633 e. The molecule has 0 unspecified atom stereocenters. The van der Waals surface area contributed by atoms with Gasteiger partial charge in [-0.1, -0.05) is 48.5 Å². The summed E-state index contributed by atoms with van der Waals surface area (Å²) in [4.78, 5) is 0. The van der Waals surface area contributed by atoms with E-state index in [9.17, 15) is 8.78 Å². The van der Waals surface area contributed by atoms with Gasteiger partial charge in [-0.3, -0.25) is 0 Å². The summed E-state index contributed by atoms with van der Waals surface area (Å²) in [6.07, 6.45) is -0.456. The summed E-state index contributed by atoms with van der Waals surface area (Å²) in [5, 5.41) is -3.57. The van der Waals surface area contributed by atoms with Gasteiger partial charge in [0.25, 0.3) is 0 Å². The normalized spacial score (nSPS) is 12.2. The monoisotopic (exact) mass is 778 g/mol. The second-order valence-electron chi connectivity index (χ2n) is 12.9. The summed E-state index contributed by atoms with van der Waals surface area (Å²) in [7, 11) is -2.42. The molecule has 0 aliphatic heterocycles. The highest BCUT2D eigenvalue weighted by atomic mass is 19.2. The minimum absolute atomic E-state index is 0.0581. The molecule has 0 spiro atoms. The number of halogens is 12. The molecule has 0 fully saturated rings. The zero-order valence-electron chi connectivity index (χ0n) is 27.6. The molecular formula is C41H15BF12O2. The average Bonchev–Trinajstić information content (AvgIpc) is 3.58. The third kappa shape index (κ3) is 4.95. The van der Waals surface area contributed by atoms with E-state index in [0.717, 1.165) is 36.4 Å². The summed E-state index contributed by atoms with van der Waals surface area (Å²) in [5.74, 6) is -22.8. The summed E-state index contributed by atoms with van der Waals surface area (Å²) in [6, 6.07) is 13.3. The van der Waals surface area contributed by atoms with Gasteiger partial charge in [0.05, 0.1) is 10.8 Å². The quantitative estimate of drug-likeness (QED) is 0.0550. The van der Waals surface area contributed by atoms with Gasteiger partial charge in [-0.05, 0) is 40.8 Å². The van der Waals surface area contributed by atoms with Crippen molar-refractivity contribution in [2.45, 2.75) is 6.42 Å². The first kappa shape index (κ1) is 35.3. The second-order valence-corrected chi connectivity index (χ2v) is 12.9. The molecule has 9 rings (SSSR count). The van der Waals surface area contributed by atoms with E-state index in [1.165, 1.54) is 30.3 Å².